The van der Waals surface area contributed by atoms with Gasteiger partial charge in [0.05, 0.1) is 5.57 Å². The molecule has 0 spiro atoms. The maximum atomic E-state index is 9.56. The lowest BCUT2D eigenvalue weighted by Crippen LogP contribution is -2.20. The number of allylic oxidation sites excluding steroid dienone is 1. The van der Waals surface area contributed by atoms with Gasteiger partial charge in [-0.05, 0) is 12.5 Å². The number of nitriles is 1. The van der Waals surface area contributed by atoms with Gasteiger partial charge < -0.3 is 15.6 Å². The molecule has 1 heterocycles. The number of hydrogen-bond acceptors (Lipinski definition) is 4. The molecule has 3 N–H and O–H groups in total. The summed E-state index contributed by atoms with van der Waals surface area (Å²) in [7, 11) is 0. The number of rotatable bonds is 6. The van der Waals surface area contributed by atoms with Crippen LogP contribution in [-0.2, 0) is 0 Å². The second-order valence-electron chi connectivity index (χ2n) is 5.47. The lowest BCUT2D eigenvalue weighted by molar-refractivity contribution is 0.378. The van der Waals surface area contributed by atoms with Gasteiger partial charge in [-0.15, -0.1) is 0 Å². The lowest BCUT2D eigenvalue weighted by Gasteiger charge is -2.26. The number of phenolic OH excluding ortho intramolecular Hbond substituents is 1. The Balaban J connectivity index is 2.15. The van der Waals surface area contributed by atoms with E-state index < -0.39 is 0 Å². The quantitative estimate of drug-likeness (QED) is 0.777. The van der Waals surface area contributed by atoms with Gasteiger partial charge in [0.2, 0.25) is 5.88 Å². The van der Waals surface area contributed by atoms with Gasteiger partial charge >= 0.3 is 0 Å². The molecule has 1 unspecified atom stereocenters. The molecule has 0 saturated heterocycles. The molecule has 4 nitrogen and oxygen atoms in total. The minimum absolute atomic E-state index is 0.0269. The molecule has 112 valence electrons. The Labute approximate surface area is 125 Å². The predicted molar refractivity (Wildman–Crippen MR) is 81.7 cm³/mol. The number of nitrogens with zero attached hydrogens (tertiary/aromatic N) is 1. The molecular formula is C17H22N2O2. The summed E-state index contributed by atoms with van der Waals surface area (Å²) in [5, 5.41) is 18.9. The fraction of sp³-hybridized carbons (Fsp3) is 0.471. The van der Waals surface area contributed by atoms with Gasteiger partial charge in [-0.2, -0.15) is 5.26 Å². The van der Waals surface area contributed by atoms with Crippen LogP contribution in [0, 0.1) is 11.3 Å². The van der Waals surface area contributed by atoms with Crippen LogP contribution < -0.4 is 10.5 Å². The third kappa shape index (κ3) is 3.49. The number of ether oxygens (including phenoxy) is 1. The van der Waals surface area contributed by atoms with Gasteiger partial charge in [0, 0.05) is 17.5 Å². The number of benzene rings is 1. The normalized spacial score (nSPS) is 17.0. The molecule has 1 atom stereocenters. The van der Waals surface area contributed by atoms with Crippen molar-refractivity contribution >= 4 is 0 Å². The molecule has 2 rings (SSSR count). The average molecular weight is 286 g/mol. The molecule has 0 fully saturated rings. The van der Waals surface area contributed by atoms with Crippen LogP contribution in [0.15, 0.2) is 29.7 Å². The highest BCUT2D eigenvalue weighted by Gasteiger charge is 2.28. The van der Waals surface area contributed by atoms with Gasteiger partial charge in [0.1, 0.15) is 17.6 Å². The minimum Gasteiger partial charge on any atom is -0.508 e. The molecule has 0 aromatic heterocycles. The van der Waals surface area contributed by atoms with Gasteiger partial charge in [-0.3, -0.25) is 0 Å². The highest BCUT2D eigenvalue weighted by Crippen LogP contribution is 2.42. The van der Waals surface area contributed by atoms with Crippen molar-refractivity contribution in [1.82, 2.24) is 0 Å². The van der Waals surface area contributed by atoms with E-state index in [1.807, 2.05) is 6.07 Å². The largest absolute Gasteiger partial charge is 0.508 e. The van der Waals surface area contributed by atoms with E-state index in [2.05, 4.69) is 13.0 Å². The van der Waals surface area contributed by atoms with E-state index in [-0.39, 0.29) is 17.6 Å². The molecule has 0 saturated carbocycles. The third-order valence-electron chi connectivity index (χ3n) is 3.92. The summed E-state index contributed by atoms with van der Waals surface area (Å²) < 4.78 is 5.47. The van der Waals surface area contributed by atoms with E-state index in [1.54, 1.807) is 12.1 Å². The Hall–Kier alpha value is -2.15. The van der Waals surface area contributed by atoms with Crippen molar-refractivity contribution in [2.45, 2.75) is 51.4 Å². The summed E-state index contributed by atoms with van der Waals surface area (Å²) in [5.74, 6) is 0.837. The molecular weight excluding hydrogens is 264 g/mol. The Morgan fingerprint density at radius 2 is 2.05 bits per heavy atom. The summed E-state index contributed by atoms with van der Waals surface area (Å²) in [6.07, 6.45) is 6.80. The van der Waals surface area contributed by atoms with Crippen molar-refractivity contribution in [3.63, 3.8) is 0 Å². The van der Waals surface area contributed by atoms with Crippen molar-refractivity contribution in [2.24, 2.45) is 5.73 Å². The van der Waals surface area contributed by atoms with Crippen molar-refractivity contribution in [1.29, 1.82) is 5.26 Å². The van der Waals surface area contributed by atoms with Crippen LogP contribution in [0.4, 0.5) is 0 Å². The monoisotopic (exact) mass is 286 g/mol. The molecule has 1 aliphatic heterocycles. The molecule has 1 aromatic rings. The Morgan fingerprint density at radius 1 is 1.29 bits per heavy atom. The van der Waals surface area contributed by atoms with E-state index in [9.17, 15) is 10.4 Å². The summed E-state index contributed by atoms with van der Waals surface area (Å²) in [6, 6.07) is 7.19. The number of hydrogen-bond donors (Lipinski definition) is 2. The van der Waals surface area contributed by atoms with Crippen LogP contribution >= 0.6 is 0 Å². The zero-order chi connectivity index (χ0) is 15.2. The average Bonchev–Trinajstić information content (AvgIpc) is 2.46. The molecule has 0 bridgehead atoms. The smallest absolute Gasteiger partial charge is 0.205 e. The first kappa shape index (κ1) is 15.2. The molecule has 21 heavy (non-hydrogen) atoms. The molecule has 4 heteroatoms. The molecule has 1 aromatic carbocycles. The Morgan fingerprint density at radius 3 is 2.76 bits per heavy atom. The van der Waals surface area contributed by atoms with Crippen LogP contribution in [-0.4, -0.2) is 5.11 Å². The van der Waals surface area contributed by atoms with E-state index in [0.29, 0.717) is 11.3 Å². The molecule has 0 aliphatic carbocycles. The summed E-state index contributed by atoms with van der Waals surface area (Å²) in [5.41, 5.74) is 7.29. The fourth-order valence-corrected chi connectivity index (χ4v) is 2.78. The minimum atomic E-state index is -0.0269. The number of nitrogens with two attached hydrogens (primary N) is 1. The number of fused-ring (bicyclic) bond motifs is 1. The lowest BCUT2D eigenvalue weighted by atomic mass is 9.85. The third-order valence-corrected chi connectivity index (χ3v) is 3.92. The second-order valence-corrected chi connectivity index (χ2v) is 5.47. The summed E-state index contributed by atoms with van der Waals surface area (Å²) >= 11 is 0. The topological polar surface area (TPSA) is 79.3 Å². The van der Waals surface area contributed by atoms with E-state index in [1.165, 1.54) is 19.3 Å². The molecule has 1 aliphatic rings. The Bertz CT molecular complexity index is 573. The number of unbranched alkanes of at least 4 members (excludes halogenated alkanes) is 4. The van der Waals surface area contributed by atoms with Crippen LogP contribution in [0.25, 0.3) is 0 Å². The molecule has 0 radical (unpaired) electrons. The highest BCUT2D eigenvalue weighted by atomic mass is 16.5. The van der Waals surface area contributed by atoms with E-state index in [4.69, 9.17) is 10.5 Å². The Kier molecular flexibility index (Phi) is 5.10. The van der Waals surface area contributed by atoms with Crippen molar-refractivity contribution < 1.29 is 9.84 Å². The molecule has 0 amide bonds. The highest BCUT2D eigenvalue weighted by molar-refractivity contribution is 5.51. The van der Waals surface area contributed by atoms with E-state index in [0.717, 1.165) is 24.8 Å². The standard InChI is InChI=1S/C17H22N2O2/c1-2-3-4-5-6-7-13-14-9-8-12(20)10-16(14)21-17(19)15(13)11-18/h8-10,13,20H,2-7,19H2,1H3. The van der Waals surface area contributed by atoms with Crippen LogP contribution in [0.5, 0.6) is 11.5 Å². The van der Waals surface area contributed by atoms with Gasteiger partial charge in [0.25, 0.3) is 0 Å². The SMILES string of the molecule is CCCCCCCC1C(C#N)=C(N)Oc2cc(O)ccc21. The summed E-state index contributed by atoms with van der Waals surface area (Å²) in [6.45, 7) is 2.19. The number of phenols is 1. The van der Waals surface area contributed by atoms with Crippen molar-refractivity contribution in [3.05, 3.63) is 35.2 Å². The summed E-state index contributed by atoms with van der Waals surface area (Å²) in [4.78, 5) is 0. The van der Waals surface area contributed by atoms with E-state index >= 15 is 0 Å². The van der Waals surface area contributed by atoms with Crippen LogP contribution in [0.1, 0.15) is 56.9 Å². The van der Waals surface area contributed by atoms with Crippen LogP contribution in [0.2, 0.25) is 0 Å². The maximum absolute atomic E-state index is 9.56. The van der Waals surface area contributed by atoms with Crippen molar-refractivity contribution in [3.8, 4) is 17.6 Å². The number of aromatic hydroxyl groups is 1. The zero-order valence-electron chi connectivity index (χ0n) is 12.4. The van der Waals surface area contributed by atoms with Gasteiger partial charge in [-0.25, -0.2) is 0 Å². The van der Waals surface area contributed by atoms with Gasteiger partial charge in [-0.1, -0.05) is 45.1 Å². The second kappa shape index (κ2) is 7.03. The first-order chi connectivity index (χ1) is 10.2. The predicted octanol–water partition coefficient (Wildman–Crippen LogP) is 3.92. The maximum Gasteiger partial charge on any atom is 0.205 e. The fourth-order valence-electron chi connectivity index (χ4n) is 2.78. The zero-order valence-corrected chi connectivity index (χ0v) is 12.4. The first-order valence-corrected chi connectivity index (χ1v) is 7.57. The first-order valence-electron chi connectivity index (χ1n) is 7.57. The van der Waals surface area contributed by atoms with Crippen LogP contribution in [0.3, 0.4) is 0 Å². The van der Waals surface area contributed by atoms with Gasteiger partial charge in [0.15, 0.2) is 0 Å². The van der Waals surface area contributed by atoms with Crippen molar-refractivity contribution in [2.75, 3.05) is 0 Å².